The molecular formula is C10H12OS2. The normalized spacial score (nSPS) is 11.0. The van der Waals surface area contributed by atoms with E-state index in [9.17, 15) is 0 Å². The van der Waals surface area contributed by atoms with Gasteiger partial charge in [-0.3, -0.25) is 0 Å². The third-order valence-electron chi connectivity index (χ3n) is 2.00. The van der Waals surface area contributed by atoms with Crippen LogP contribution < -0.4 is 4.74 Å². The zero-order valence-corrected chi connectivity index (χ0v) is 9.64. The zero-order valence-electron chi connectivity index (χ0n) is 8.01. The second-order valence-electron chi connectivity index (χ2n) is 2.96. The molecule has 0 aliphatic carbocycles. The lowest BCUT2D eigenvalue weighted by Crippen LogP contribution is -1.86. The minimum Gasteiger partial charge on any atom is -0.484 e. The Morgan fingerprint density at radius 2 is 2.00 bits per heavy atom. The number of aryl methyl sites for hydroxylation is 2. The van der Waals surface area contributed by atoms with E-state index < -0.39 is 0 Å². The van der Waals surface area contributed by atoms with E-state index in [1.807, 2.05) is 18.3 Å². The quantitative estimate of drug-likeness (QED) is 0.731. The Labute approximate surface area is 86.0 Å². The van der Waals surface area contributed by atoms with Crippen LogP contribution in [0.15, 0.2) is 6.07 Å². The molecule has 2 rings (SSSR count). The predicted octanol–water partition coefficient (Wildman–Crippen LogP) is 3.98. The van der Waals surface area contributed by atoms with Gasteiger partial charge in [-0.05, 0) is 20.8 Å². The minimum absolute atomic E-state index is 0.755. The van der Waals surface area contributed by atoms with E-state index in [4.69, 9.17) is 4.74 Å². The first-order valence-electron chi connectivity index (χ1n) is 4.34. The maximum Gasteiger partial charge on any atom is 0.174 e. The smallest absolute Gasteiger partial charge is 0.174 e. The highest BCUT2D eigenvalue weighted by atomic mass is 32.1. The molecule has 70 valence electrons. The molecule has 2 aromatic heterocycles. The van der Waals surface area contributed by atoms with Crippen molar-refractivity contribution in [1.29, 1.82) is 0 Å². The van der Waals surface area contributed by atoms with Gasteiger partial charge < -0.3 is 4.74 Å². The van der Waals surface area contributed by atoms with Crippen LogP contribution >= 0.6 is 22.7 Å². The first kappa shape index (κ1) is 9.03. The number of hydrogen-bond donors (Lipinski definition) is 0. The van der Waals surface area contributed by atoms with E-state index in [0.29, 0.717) is 0 Å². The molecule has 0 atom stereocenters. The van der Waals surface area contributed by atoms with E-state index >= 15 is 0 Å². The first-order valence-corrected chi connectivity index (χ1v) is 5.98. The van der Waals surface area contributed by atoms with Gasteiger partial charge in [-0.25, -0.2) is 0 Å². The van der Waals surface area contributed by atoms with Gasteiger partial charge in [0.2, 0.25) is 0 Å². The minimum atomic E-state index is 0.755. The average Bonchev–Trinajstić information content (AvgIpc) is 2.57. The molecule has 3 heteroatoms. The average molecular weight is 212 g/mol. The molecule has 0 spiro atoms. The first-order chi connectivity index (χ1) is 6.22. The lowest BCUT2D eigenvalue weighted by molar-refractivity contribution is 0.350. The van der Waals surface area contributed by atoms with E-state index in [1.54, 1.807) is 11.3 Å². The van der Waals surface area contributed by atoms with Gasteiger partial charge in [-0.15, -0.1) is 11.3 Å². The Hall–Kier alpha value is -0.540. The van der Waals surface area contributed by atoms with Gasteiger partial charge in [0.1, 0.15) is 0 Å². The lowest BCUT2D eigenvalue weighted by atomic mass is 10.3. The summed E-state index contributed by atoms with van der Waals surface area (Å²) in [5.41, 5.74) is 0. The third-order valence-corrected chi connectivity index (χ3v) is 4.33. The Morgan fingerprint density at radius 1 is 1.23 bits per heavy atom. The van der Waals surface area contributed by atoms with Gasteiger partial charge in [0.15, 0.2) is 5.06 Å². The standard InChI is InChI=1S/C10H12OS2/c1-4-11-9-5-8-6(2)12-7(3)10(8)13-9/h5H,4H2,1-3H3. The molecule has 0 aliphatic heterocycles. The summed E-state index contributed by atoms with van der Waals surface area (Å²) in [4.78, 5) is 2.80. The molecule has 0 radical (unpaired) electrons. The number of fused-ring (bicyclic) bond motifs is 1. The monoisotopic (exact) mass is 212 g/mol. The molecule has 0 amide bonds. The van der Waals surface area contributed by atoms with Crippen molar-refractivity contribution in [3.05, 3.63) is 15.8 Å². The van der Waals surface area contributed by atoms with E-state index in [0.717, 1.165) is 11.7 Å². The molecule has 1 nitrogen and oxygen atoms in total. The number of hydrogen-bond acceptors (Lipinski definition) is 3. The number of rotatable bonds is 2. The number of thiophene rings is 2. The van der Waals surface area contributed by atoms with Crippen LogP contribution in [-0.4, -0.2) is 6.61 Å². The third kappa shape index (κ3) is 1.46. The Kier molecular flexibility index (Phi) is 2.30. The van der Waals surface area contributed by atoms with Gasteiger partial charge in [-0.1, -0.05) is 11.3 Å². The molecule has 13 heavy (non-hydrogen) atoms. The van der Waals surface area contributed by atoms with Gasteiger partial charge in [0.05, 0.1) is 11.3 Å². The van der Waals surface area contributed by atoms with Crippen molar-refractivity contribution in [2.24, 2.45) is 0 Å². The van der Waals surface area contributed by atoms with E-state index in [-0.39, 0.29) is 0 Å². The van der Waals surface area contributed by atoms with Gasteiger partial charge >= 0.3 is 0 Å². The zero-order chi connectivity index (χ0) is 9.42. The summed E-state index contributed by atoms with van der Waals surface area (Å²) in [6, 6.07) is 2.16. The SMILES string of the molecule is CCOc1cc2c(C)sc(C)c2s1. The van der Waals surface area contributed by atoms with Crippen molar-refractivity contribution in [2.45, 2.75) is 20.8 Å². The van der Waals surface area contributed by atoms with Crippen LogP contribution in [0.5, 0.6) is 5.06 Å². The number of ether oxygens (including phenoxy) is 1. The van der Waals surface area contributed by atoms with Crippen LogP contribution in [0.25, 0.3) is 10.1 Å². The fourth-order valence-electron chi connectivity index (χ4n) is 1.44. The van der Waals surface area contributed by atoms with Crippen LogP contribution in [0.2, 0.25) is 0 Å². The van der Waals surface area contributed by atoms with Crippen LogP contribution in [-0.2, 0) is 0 Å². The van der Waals surface area contributed by atoms with Gasteiger partial charge in [0.25, 0.3) is 0 Å². The summed E-state index contributed by atoms with van der Waals surface area (Å²) in [6.45, 7) is 7.12. The van der Waals surface area contributed by atoms with E-state index in [1.165, 1.54) is 19.8 Å². The fourth-order valence-corrected chi connectivity index (χ4v) is 3.70. The summed E-state index contributed by atoms with van der Waals surface area (Å²) in [5.74, 6) is 0. The molecule has 0 aromatic carbocycles. The summed E-state index contributed by atoms with van der Waals surface area (Å²) in [5, 5.41) is 2.42. The molecule has 0 fully saturated rings. The summed E-state index contributed by atoms with van der Waals surface area (Å²) < 4.78 is 6.88. The van der Waals surface area contributed by atoms with Crippen molar-refractivity contribution in [3.63, 3.8) is 0 Å². The molecular weight excluding hydrogens is 200 g/mol. The fraction of sp³-hybridized carbons (Fsp3) is 0.400. The maximum absolute atomic E-state index is 5.48. The lowest BCUT2D eigenvalue weighted by Gasteiger charge is -1.94. The van der Waals surface area contributed by atoms with Crippen LogP contribution in [0.4, 0.5) is 0 Å². The van der Waals surface area contributed by atoms with Crippen molar-refractivity contribution >= 4 is 32.8 Å². The van der Waals surface area contributed by atoms with Crippen LogP contribution in [0, 0.1) is 13.8 Å². The van der Waals surface area contributed by atoms with Crippen LogP contribution in [0.1, 0.15) is 16.7 Å². The summed E-state index contributed by atoms with van der Waals surface area (Å²) in [6.07, 6.45) is 0. The van der Waals surface area contributed by atoms with Crippen molar-refractivity contribution < 1.29 is 4.74 Å². The highest BCUT2D eigenvalue weighted by Crippen LogP contribution is 2.40. The molecule has 0 saturated heterocycles. The highest BCUT2D eigenvalue weighted by molar-refractivity contribution is 7.25. The predicted molar refractivity (Wildman–Crippen MR) is 60.3 cm³/mol. The summed E-state index contributed by atoms with van der Waals surface area (Å²) >= 11 is 3.63. The molecule has 2 heterocycles. The second kappa shape index (κ2) is 3.31. The molecule has 0 aliphatic rings. The van der Waals surface area contributed by atoms with Crippen molar-refractivity contribution in [1.82, 2.24) is 0 Å². The Balaban J connectivity index is 2.56. The summed E-state index contributed by atoms with van der Waals surface area (Å²) in [7, 11) is 0. The van der Waals surface area contributed by atoms with Gasteiger partial charge in [-0.2, -0.15) is 0 Å². The maximum atomic E-state index is 5.48. The molecule has 0 N–H and O–H groups in total. The Morgan fingerprint density at radius 3 is 2.62 bits per heavy atom. The van der Waals surface area contributed by atoms with Crippen molar-refractivity contribution in [2.75, 3.05) is 6.61 Å². The van der Waals surface area contributed by atoms with E-state index in [2.05, 4.69) is 19.9 Å². The highest BCUT2D eigenvalue weighted by Gasteiger charge is 2.09. The van der Waals surface area contributed by atoms with Crippen molar-refractivity contribution in [3.8, 4) is 5.06 Å². The molecule has 0 unspecified atom stereocenters. The van der Waals surface area contributed by atoms with Crippen LogP contribution in [0.3, 0.4) is 0 Å². The molecule has 0 bridgehead atoms. The second-order valence-corrected chi connectivity index (χ2v) is 5.40. The molecule has 0 saturated carbocycles. The Bertz CT molecular complexity index is 391. The largest absolute Gasteiger partial charge is 0.484 e. The van der Waals surface area contributed by atoms with Gasteiger partial charge in [0, 0.05) is 21.2 Å². The topological polar surface area (TPSA) is 9.23 Å². The molecule has 2 aromatic rings.